The van der Waals surface area contributed by atoms with E-state index in [-0.39, 0.29) is 0 Å². The first-order chi connectivity index (χ1) is 5.29. The Hall–Kier alpha value is -1.02. The third-order valence-electron chi connectivity index (χ3n) is 1.42. The van der Waals surface area contributed by atoms with Gasteiger partial charge in [-0.25, -0.2) is 0 Å². The summed E-state index contributed by atoms with van der Waals surface area (Å²) in [6.45, 7) is 7.63. The molecule has 1 aromatic rings. The molecule has 1 rings (SSSR count). The molecule has 0 aromatic carbocycles. The fraction of sp³-hybridized carbons (Fsp3) is 0.333. The molecule has 0 saturated carbocycles. The van der Waals surface area contributed by atoms with E-state index in [1.54, 1.807) is 0 Å². The third kappa shape index (κ3) is 3.05. The maximum absolute atomic E-state index is 3.80. The lowest BCUT2D eigenvalue weighted by atomic mass is 10.3. The van der Waals surface area contributed by atoms with Crippen LogP contribution in [-0.4, -0.2) is 11.5 Å². The van der Waals surface area contributed by atoms with Gasteiger partial charge in [0.2, 0.25) is 0 Å². The molecule has 0 saturated heterocycles. The summed E-state index contributed by atoms with van der Waals surface area (Å²) in [5.41, 5.74) is 2.45. The Balaban J connectivity index is 2.19. The molecule has 1 aromatic heterocycles. The van der Waals surface area contributed by atoms with E-state index in [4.69, 9.17) is 0 Å². The van der Waals surface area contributed by atoms with E-state index >= 15 is 0 Å². The van der Waals surface area contributed by atoms with Crippen LogP contribution in [0.5, 0.6) is 0 Å². The van der Waals surface area contributed by atoms with Crippen molar-refractivity contribution in [3.63, 3.8) is 0 Å². The zero-order valence-electron chi connectivity index (χ0n) is 6.85. The van der Waals surface area contributed by atoms with Crippen LogP contribution in [0.3, 0.4) is 0 Å². The number of aromatic nitrogens is 1. The van der Waals surface area contributed by atoms with Gasteiger partial charge >= 0.3 is 0 Å². The third-order valence-corrected chi connectivity index (χ3v) is 1.42. The molecule has 0 bridgehead atoms. The maximum Gasteiger partial charge on any atom is 0.0223 e. The molecule has 0 unspecified atom stereocenters. The van der Waals surface area contributed by atoms with Crippen molar-refractivity contribution in [1.82, 2.24) is 10.3 Å². The average molecular weight is 150 g/mol. The van der Waals surface area contributed by atoms with Gasteiger partial charge in [-0.05, 0) is 18.6 Å². The summed E-state index contributed by atoms with van der Waals surface area (Å²) in [5, 5.41) is 3.27. The Morgan fingerprint density at radius 2 is 2.55 bits per heavy atom. The largest absolute Gasteiger partial charge is 0.367 e. The molecule has 0 aliphatic heterocycles. The van der Waals surface area contributed by atoms with Gasteiger partial charge in [-0.1, -0.05) is 12.2 Å². The van der Waals surface area contributed by atoms with Gasteiger partial charge in [0.25, 0.3) is 0 Å². The monoisotopic (exact) mass is 150 g/mol. The van der Waals surface area contributed by atoms with Crippen molar-refractivity contribution < 1.29 is 0 Å². The minimum absolute atomic E-state index is 0.894. The molecule has 2 N–H and O–H groups in total. The van der Waals surface area contributed by atoms with E-state index in [0.29, 0.717) is 0 Å². The number of aromatic amines is 1. The lowest BCUT2D eigenvalue weighted by Gasteiger charge is -2.00. The predicted molar refractivity (Wildman–Crippen MR) is 47.3 cm³/mol. The zero-order valence-corrected chi connectivity index (χ0v) is 6.85. The SMILES string of the molecule is C=C(C)CNCc1cc[nH]c1. The first-order valence-electron chi connectivity index (χ1n) is 3.76. The molecular formula is C9H14N2. The summed E-state index contributed by atoms with van der Waals surface area (Å²) in [6.07, 6.45) is 3.92. The van der Waals surface area contributed by atoms with Crippen LogP contribution in [0.15, 0.2) is 30.6 Å². The second-order valence-corrected chi connectivity index (χ2v) is 2.78. The van der Waals surface area contributed by atoms with Gasteiger partial charge in [-0.2, -0.15) is 0 Å². The number of H-pyrrole nitrogens is 1. The Bertz CT molecular complexity index is 211. The Morgan fingerprint density at radius 1 is 1.73 bits per heavy atom. The molecule has 0 atom stereocenters. The van der Waals surface area contributed by atoms with E-state index < -0.39 is 0 Å². The summed E-state index contributed by atoms with van der Waals surface area (Å²) in [4.78, 5) is 3.01. The highest BCUT2D eigenvalue weighted by molar-refractivity contribution is 5.08. The minimum Gasteiger partial charge on any atom is -0.367 e. The van der Waals surface area contributed by atoms with Crippen molar-refractivity contribution in [3.8, 4) is 0 Å². The highest BCUT2D eigenvalue weighted by atomic mass is 14.9. The van der Waals surface area contributed by atoms with Crippen LogP contribution in [0.1, 0.15) is 12.5 Å². The standard InChI is InChI=1S/C9H14N2/c1-8(2)5-11-7-9-3-4-10-6-9/h3-4,6,10-11H,1,5,7H2,2H3. The van der Waals surface area contributed by atoms with Crippen molar-refractivity contribution in [2.24, 2.45) is 0 Å². The average Bonchev–Trinajstić information content (AvgIpc) is 2.39. The van der Waals surface area contributed by atoms with Crippen LogP contribution in [-0.2, 0) is 6.54 Å². The van der Waals surface area contributed by atoms with Crippen LogP contribution < -0.4 is 5.32 Å². The van der Waals surface area contributed by atoms with Crippen molar-refractivity contribution in [2.45, 2.75) is 13.5 Å². The molecule has 0 amide bonds. The molecule has 2 nitrogen and oxygen atoms in total. The maximum atomic E-state index is 3.80. The van der Waals surface area contributed by atoms with Crippen LogP contribution in [0, 0.1) is 0 Å². The topological polar surface area (TPSA) is 27.8 Å². The predicted octanol–water partition coefficient (Wildman–Crippen LogP) is 1.68. The normalized spacial score (nSPS) is 9.91. The first kappa shape index (κ1) is 8.08. The van der Waals surface area contributed by atoms with Gasteiger partial charge in [-0.15, -0.1) is 0 Å². The molecule has 11 heavy (non-hydrogen) atoms. The summed E-state index contributed by atoms with van der Waals surface area (Å²) >= 11 is 0. The Labute approximate surface area is 67.3 Å². The fourth-order valence-electron chi connectivity index (χ4n) is 0.889. The lowest BCUT2D eigenvalue weighted by Crippen LogP contribution is -2.14. The Morgan fingerprint density at radius 3 is 3.09 bits per heavy atom. The highest BCUT2D eigenvalue weighted by Gasteiger charge is 1.90. The van der Waals surface area contributed by atoms with Gasteiger partial charge in [0.15, 0.2) is 0 Å². The van der Waals surface area contributed by atoms with Gasteiger partial charge in [-0.3, -0.25) is 0 Å². The number of rotatable bonds is 4. The van der Waals surface area contributed by atoms with Crippen LogP contribution >= 0.6 is 0 Å². The van der Waals surface area contributed by atoms with Crippen LogP contribution in [0.25, 0.3) is 0 Å². The first-order valence-corrected chi connectivity index (χ1v) is 3.76. The fourth-order valence-corrected chi connectivity index (χ4v) is 0.889. The zero-order chi connectivity index (χ0) is 8.10. The molecule has 60 valence electrons. The van der Waals surface area contributed by atoms with Gasteiger partial charge < -0.3 is 10.3 Å². The second-order valence-electron chi connectivity index (χ2n) is 2.78. The summed E-state index contributed by atoms with van der Waals surface area (Å²) in [6, 6.07) is 2.06. The molecule has 1 heterocycles. The lowest BCUT2D eigenvalue weighted by molar-refractivity contribution is 0.742. The molecule has 0 aliphatic carbocycles. The van der Waals surface area contributed by atoms with Crippen molar-refractivity contribution in [1.29, 1.82) is 0 Å². The number of hydrogen-bond acceptors (Lipinski definition) is 1. The van der Waals surface area contributed by atoms with Crippen molar-refractivity contribution in [2.75, 3.05) is 6.54 Å². The smallest absolute Gasteiger partial charge is 0.0223 e. The summed E-state index contributed by atoms with van der Waals surface area (Å²) in [5.74, 6) is 0. The van der Waals surface area contributed by atoms with E-state index in [0.717, 1.165) is 13.1 Å². The van der Waals surface area contributed by atoms with Crippen molar-refractivity contribution in [3.05, 3.63) is 36.2 Å². The second kappa shape index (κ2) is 3.98. The van der Waals surface area contributed by atoms with Gasteiger partial charge in [0, 0.05) is 25.5 Å². The molecular weight excluding hydrogens is 136 g/mol. The molecule has 0 radical (unpaired) electrons. The van der Waals surface area contributed by atoms with Gasteiger partial charge in [0.1, 0.15) is 0 Å². The number of nitrogens with one attached hydrogen (secondary N) is 2. The van der Waals surface area contributed by atoms with Crippen LogP contribution in [0.4, 0.5) is 0 Å². The van der Waals surface area contributed by atoms with Crippen molar-refractivity contribution >= 4 is 0 Å². The summed E-state index contributed by atoms with van der Waals surface area (Å²) in [7, 11) is 0. The number of hydrogen-bond donors (Lipinski definition) is 2. The van der Waals surface area contributed by atoms with E-state index in [9.17, 15) is 0 Å². The minimum atomic E-state index is 0.894. The van der Waals surface area contributed by atoms with Crippen LogP contribution in [0.2, 0.25) is 0 Å². The molecule has 0 aliphatic rings. The Kier molecular flexibility index (Phi) is 2.93. The molecule has 2 heteroatoms. The molecule has 0 spiro atoms. The molecule has 0 fully saturated rings. The van der Waals surface area contributed by atoms with Gasteiger partial charge in [0.05, 0.1) is 0 Å². The summed E-state index contributed by atoms with van der Waals surface area (Å²) < 4.78 is 0. The van der Waals surface area contributed by atoms with E-state index in [2.05, 4.69) is 22.9 Å². The quantitative estimate of drug-likeness (QED) is 0.628. The van der Waals surface area contributed by atoms with E-state index in [1.165, 1.54) is 11.1 Å². The van der Waals surface area contributed by atoms with E-state index in [1.807, 2.05) is 19.3 Å². The highest BCUT2D eigenvalue weighted by Crippen LogP contribution is 1.95.